The maximum absolute atomic E-state index is 12.6. The predicted molar refractivity (Wildman–Crippen MR) is 91.3 cm³/mol. The number of nitrogens with one attached hydrogen (secondary N) is 2. The molecule has 132 valence electrons. The quantitative estimate of drug-likeness (QED) is 0.608. The predicted octanol–water partition coefficient (Wildman–Crippen LogP) is 1.62. The van der Waals surface area contributed by atoms with Crippen LogP contribution < -0.4 is 10.6 Å². The Labute approximate surface area is 143 Å². The molecule has 3 rings (SSSR count). The van der Waals surface area contributed by atoms with E-state index in [1.54, 1.807) is 0 Å². The summed E-state index contributed by atoms with van der Waals surface area (Å²) in [6, 6.07) is 0. The molecule has 24 heavy (non-hydrogen) atoms. The summed E-state index contributed by atoms with van der Waals surface area (Å²) in [5.41, 5.74) is -0.880. The van der Waals surface area contributed by atoms with Crippen molar-refractivity contribution in [3.05, 3.63) is 12.2 Å². The van der Waals surface area contributed by atoms with E-state index < -0.39 is 11.5 Å². The fourth-order valence-corrected chi connectivity index (χ4v) is 4.78. The number of ketones is 2. The number of rotatable bonds is 3. The zero-order valence-corrected chi connectivity index (χ0v) is 14.9. The van der Waals surface area contributed by atoms with Gasteiger partial charge in [0.25, 0.3) is 0 Å². The summed E-state index contributed by atoms with van der Waals surface area (Å²) in [4.78, 5) is 37.7. The van der Waals surface area contributed by atoms with Crippen molar-refractivity contribution < 1.29 is 14.4 Å². The van der Waals surface area contributed by atoms with Crippen LogP contribution in [0.2, 0.25) is 0 Å². The molecule has 0 radical (unpaired) electrons. The highest BCUT2D eigenvalue weighted by molar-refractivity contribution is 6.05. The lowest BCUT2D eigenvalue weighted by atomic mass is 9.63. The van der Waals surface area contributed by atoms with Crippen molar-refractivity contribution in [3.63, 3.8) is 0 Å². The maximum atomic E-state index is 12.6. The first kappa shape index (κ1) is 17.3. The Morgan fingerprint density at radius 1 is 1.29 bits per heavy atom. The van der Waals surface area contributed by atoms with Crippen LogP contribution in [-0.2, 0) is 14.4 Å². The SMILES string of the molecule is CCNC(=O)[C@]12C=C[C@@H](C3C(=O)CC(C)(C)CC3=O)C[C@H]1CCN2. The first-order valence-electron chi connectivity index (χ1n) is 9.07. The van der Waals surface area contributed by atoms with E-state index in [1.165, 1.54) is 0 Å². The molecule has 1 saturated heterocycles. The van der Waals surface area contributed by atoms with E-state index in [2.05, 4.69) is 10.6 Å². The normalized spacial score (nSPS) is 35.8. The maximum Gasteiger partial charge on any atom is 0.244 e. The Hall–Kier alpha value is -1.49. The van der Waals surface area contributed by atoms with Gasteiger partial charge in [-0.05, 0) is 43.6 Å². The smallest absolute Gasteiger partial charge is 0.244 e. The fraction of sp³-hybridized carbons (Fsp3) is 0.737. The summed E-state index contributed by atoms with van der Waals surface area (Å²) < 4.78 is 0. The van der Waals surface area contributed by atoms with Gasteiger partial charge >= 0.3 is 0 Å². The van der Waals surface area contributed by atoms with Crippen LogP contribution in [0.15, 0.2) is 12.2 Å². The van der Waals surface area contributed by atoms with E-state index in [4.69, 9.17) is 0 Å². The first-order valence-corrected chi connectivity index (χ1v) is 9.07. The Morgan fingerprint density at radius 3 is 2.58 bits per heavy atom. The van der Waals surface area contributed by atoms with Gasteiger partial charge in [0.15, 0.2) is 0 Å². The van der Waals surface area contributed by atoms with Crippen molar-refractivity contribution in [3.8, 4) is 0 Å². The number of hydrogen-bond acceptors (Lipinski definition) is 4. The highest BCUT2D eigenvalue weighted by Gasteiger charge is 2.52. The minimum atomic E-state index is -0.660. The third-order valence-electron chi connectivity index (χ3n) is 5.86. The molecule has 0 aromatic heterocycles. The van der Waals surface area contributed by atoms with Crippen LogP contribution in [0.3, 0.4) is 0 Å². The minimum Gasteiger partial charge on any atom is -0.354 e. The van der Waals surface area contributed by atoms with Gasteiger partial charge in [0.1, 0.15) is 17.1 Å². The zero-order chi connectivity index (χ0) is 17.5. The van der Waals surface area contributed by atoms with Gasteiger partial charge in [-0.3, -0.25) is 19.7 Å². The summed E-state index contributed by atoms with van der Waals surface area (Å²) in [6.07, 6.45) is 6.44. The lowest BCUT2D eigenvalue weighted by Gasteiger charge is -2.41. The zero-order valence-electron chi connectivity index (χ0n) is 14.9. The minimum absolute atomic E-state index is 0.00429. The molecule has 0 spiro atoms. The standard InChI is InChI=1S/C19H28N2O3/c1-4-20-17(24)19-7-5-12(9-13(19)6-8-21-19)16-14(22)10-18(2,3)11-15(16)23/h5,7,12-13,16,21H,4,6,8-11H2,1-3H3,(H,20,24)/t12-,13-,19+/m1/s1. The second-order valence-corrected chi connectivity index (χ2v) is 8.33. The third-order valence-corrected chi connectivity index (χ3v) is 5.86. The van der Waals surface area contributed by atoms with Crippen LogP contribution in [0.1, 0.15) is 46.5 Å². The molecule has 3 aliphatic rings. The van der Waals surface area contributed by atoms with E-state index in [9.17, 15) is 14.4 Å². The number of carbonyl (C=O) groups is 3. The second kappa shape index (κ2) is 6.10. The van der Waals surface area contributed by atoms with E-state index >= 15 is 0 Å². The molecule has 5 nitrogen and oxygen atoms in total. The van der Waals surface area contributed by atoms with Crippen LogP contribution >= 0.6 is 0 Å². The number of amides is 1. The topological polar surface area (TPSA) is 75.3 Å². The molecule has 0 unspecified atom stereocenters. The largest absolute Gasteiger partial charge is 0.354 e. The van der Waals surface area contributed by atoms with Crippen LogP contribution in [0, 0.1) is 23.2 Å². The van der Waals surface area contributed by atoms with Gasteiger partial charge in [0.2, 0.25) is 5.91 Å². The van der Waals surface area contributed by atoms with Gasteiger partial charge in [-0.2, -0.15) is 0 Å². The van der Waals surface area contributed by atoms with Crippen molar-refractivity contribution in [1.82, 2.24) is 10.6 Å². The Morgan fingerprint density at radius 2 is 1.96 bits per heavy atom. The second-order valence-electron chi connectivity index (χ2n) is 8.33. The average molecular weight is 332 g/mol. The first-order chi connectivity index (χ1) is 11.3. The monoisotopic (exact) mass is 332 g/mol. The molecule has 2 fully saturated rings. The molecular formula is C19H28N2O3. The molecule has 2 aliphatic carbocycles. The van der Waals surface area contributed by atoms with Crippen molar-refractivity contribution in [2.75, 3.05) is 13.1 Å². The van der Waals surface area contributed by atoms with Gasteiger partial charge in [-0.25, -0.2) is 0 Å². The van der Waals surface area contributed by atoms with E-state index in [0.29, 0.717) is 19.4 Å². The van der Waals surface area contributed by atoms with Crippen LogP contribution in [0.5, 0.6) is 0 Å². The van der Waals surface area contributed by atoms with Gasteiger partial charge in [-0.15, -0.1) is 0 Å². The molecule has 3 atom stereocenters. The Bertz CT molecular complexity index is 575. The Kier molecular flexibility index (Phi) is 4.41. The van der Waals surface area contributed by atoms with Gasteiger partial charge in [-0.1, -0.05) is 26.0 Å². The lowest BCUT2D eigenvalue weighted by molar-refractivity contribution is -0.141. The lowest BCUT2D eigenvalue weighted by Crippen LogP contribution is -2.58. The summed E-state index contributed by atoms with van der Waals surface area (Å²) in [5.74, 6) is -0.278. The van der Waals surface area contributed by atoms with Crippen LogP contribution in [0.4, 0.5) is 0 Å². The van der Waals surface area contributed by atoms with Crippen LogP contribution in [0.25, 0.3) is 0 Å². The molecule has 5 heteroatoms. The highest BCUT2D eigenvalue weighted by atomic mass is 16.2. The van der Waals surface area contributed by atoms with E-state index in [1.807, 2.05) is 32.9 Å². The number of allylic oxidation sites excluding steroid dienone is 1. The molecule has 1 saturated carbocycles. The molecule has 0 bridgehead atoms. The molecule has 0 aromatic carbocycles. The number of fused-ring (bicyclic) bond motifs is 1. The fourth-order valence-electron chi connectivity index (χ4n) is 4.78. The van der Waals surface area contributed by atoms with Crippen molar-refractivity contribution in [2.45, 2.75) is 52.0 Å². The van der Waals surface area contributed by atoms with E-state index in [-0.39, 0.29) is 34.7 Å². The molecule has 2 N–H and O–H groups in total. The summed E-state index contributed by atoms with van der Waals surface area (Å²) in [7, 11) is 0. The van der Waals surface area contributed by atoms with Gasteiger partial charge < -0.3 is 5.32 Å². The summed E-state index contributed by atoms with van der Waals surface area (Å²) in [5, 5.41) is 6.26. The van der Waals surface area contributed by atoms with Crippen molar-refractivity contribution in [2.24, 2.45) is 23.2 Å². The number of Topliss-reactive ketones (excluding diaryl/α,β-unsaturated/α-hetero) is 2. The molecule has 1 amide bonds. The number of likely N-dealkylation sites (N-methyl/N-ethyl adjacent to an activating group) is 1. The molecule has 0 aromatic rings. The van der Waals surface area contributed by atoms with Crippen molar-refractivity contribution in [1.29, 1.82) is 0 Å². The van der Waals surface area contributed by atoms with E-state index in [0.717, 1.165) is 19.4 Å². The molecular weight excluding hydrogens is 304 g/mol. The van der Waals surface area contributed by atoms with Gasteiger partial charge in [0.05, 0.1) is 5.92 Å². The summed E-state index contributed by atoms with van der Waals surface area (Å²) in [6.45, 7) is 7.27. The van der Waals surface area contributed by atoms with Gasteiger partial charge in [0, 0.05) is 19.4 Å². The Balaban J connectivity index is 1.83. The van der Waals surface area contributed by atoms with Crippen LogP contribution in [-0.4, -0.2) is 36.1 Å². The number of carbonyl (C=O) groups excluding carboxylic acids is 3. The third kappa shape index (κ3) is 2.83. The molecule has 1 heterocycles. The highest BCUT2D eigenvalue weighted by Crippen LogP contribution is 2.44. The molecule has 1 aliphatic heterocycles. The van der Waals surface area contributed by atoms with Crippen molar-refractivity contribution >= 4 is 17.5 Å². The summed E-state index contributed by atoms with van der Waals surface area (Å²) >= 11 is 0. The average Bonchev–Trinajstić information content (AvgIpc) is 2.89. The number of hydrogen-bond donors (Lipinski definition) is 2.